The molecule has 2 aliphatic heterocycles. The van der Waals surface area contributed by atoms with E-state index in [4.69, 9.17) is 9.97 Å². The quantitative estimate of drug-likeness (QED) is 0.608. The van der Waals surface area contributed by atoms with Crippen molar-refractivity contribution >= 4 is 17.7 Å². The van der Waals surface area contributed by atoms with Gasteiger partial charge in [0.15, 0.2) is 0 Å². The molecule has 3 heterocycles. The van der Waals surface area contributed by atoms with Crippen molar-refractivity contribution in [1.82, 2.24) is 14.9 Å². The molecule has 1 aromatic carbocycles. The molecule has 0 atom stereocenters. The number of halogens is 3. The first-order chi connectivity index (χ1) is 16.2. The molecule has 2 aliphatic rings. The molecule has 0 N–H and O–H groups in total. The average Bonchev–Trinajstić information content (AvgIpc) is 2.82. The molecule has 180 valence electrons. The highest BCUT2D eigenvalue weighted by Gasteiger charge is 2.31. The van der Waals surface area contributed by atoms with E-state index in [1.54, 1.807) is 17.0 Å². The fraction of sp³-hybridized carbons (Fsp3) is 0.375. The second-order valence-electron chi connectivity index (χ2n) is 8.19. The highest BCUT2D eigenvalue weighted by molar-refractivity contribution is 5.87. The van der Waals surface area contributed by atoms with Crippen molar-refractivity contribution in [3.8, 4) is 17.0 Å². The number of alkyl halides is 3. The van der Waals surface area contributed by atoms with Crippen LogP contribution in [0.1, 0.15) is 18.9 Å². The van der Waals surface area contributed by atoms with Crippen molar-refractivity contribution < 1.29 is 22.7 Å². The van der Waals surface area contributed by atoms with Crippen molar-refractivity contribution in [2.45, 2.75) is 26.1 Å². The zero-order chi connectivity index (χ0) is 24.5. The molecule has 0 bridgehead atoms. The zero-order valence-electron chi connectivity index (χ0n) is 19.1. The largest absolute Gasteiger partial charge is 0.573 e. The van der Waals surface area contributed by atoms with Gasteiger partial charge < -0.3 is 19.4 Å². The van der Waals surface area contributed by atoms with Gasteiger partial charge in [-0.25, -0.2) is 4.98 Å². The summed E-state index contributed by atoms with van der Waals surface area (Å²) in [4.78, 5) is 27.3. The van der Waals surface area contributed by atoms with Crippen LogP contribution in [0.3, 0.4) is 0 Å². The van der Waals surface area contributed by atoms with Crippen molar-refractivity contribution in [2.75, 3.05) is 43.0 Å². The summed E-state index contributed by atoms with van der Waals surface area (Å²) >= 11 is 0. The van der Waals surface area contributed by atoms with Gasteiger partial charge in [-0.05, 0) is 42.3 Å². The predicted molar refractivity (Wildman–Crippen MR) is 124 cm³/mol. The molecule has 1 amide bonds. The van der Waals surface area contributed by atoms with Crippen molar-refractivity contribution in [3.05, 3.63) is 54.3 Å². The Bertz CT molecular complexity index is 1110. The molecular weight excluding hydrogens is 447 g/mol. The van der Waals surface area contributed by atoms with E-state index in [1.807, 2.05) is 16.8 Å². The van der Waals surface area contributed by atoms with Gasteiger partial charge in [0.2, 0.25) is 11.9 Å². The molecule has 1 fully saturated rings. The molecule has 4 rings (SSSR count). The standard InChI is InChI=1S/C24H26F3N5O2/c1-4-16-14-19-21(17-6-8-18(9-7-17)34-24(25,26)27)28-23(29-22(19)30(3)15-16)32-12-10-31(11-13-32)20(33)5-2/h5-9,15H,2,4,10-14H2,1,3H3. The predicted octanol–water partition coefficient (Wildman–Crippen LogP) is 4.16. The first kappa shape index (κ1) is 23.6. The van der Waals surface area contributed by atoms with Crippen LogP contribution in [0.15, 0.2) is 48.7 Å². The molecule has 7 nitrogen and oxygen atoms in total. The number of benzene rings is 1. The summed E-state index contributed by atoms with van der Waals surface area (Å²) in [6, 6.07) is 5.75. The number of aromatic nitrogens is 2. The monoisotopic (exact) mass is 473 g/mol. The van der Waals surface area contributed by atoms with Gasteiger partial charge in [0.1, 0.15) is 11.6 Å². The third-order valence-corrected chi connectivity index (χ3v) is 5.95. The summed E-state index contributed by atoms with van der Waals surface area (Å²) in [6.07, 6.45) is 0.143. The van der Waals surface area contributed by atoms with Crippen LogP contribution < -0.4 is 14.5 Å². The minimum absolute atomic E-state index is 0.107. The number of nitrogens with zero attached hydrogens (tertiary/aromatic N) is 5. The molecule has 1 aromatic heterocycles. The van der Waals surface area contributed by atoms with Gasteiger partial charge in [-0.3, -0.25) is 4.79 Å². The molecule has 2 aromatic rings. The first-order valence-corrected chi connectivity index (χ1v) is 11.0. The SMILES string of the molecule is C=CC(=O)N1CCN(c2nc(-c3ccc(OC(F)(F)F)cc3)c3c(n2)N(C)C=C(CC)C3)CC1. The first-order valence-electron chi connectivity index (χ1n) is 11.0. The molecule has 0 unspecified atom stereocenters. The van der Waals surface area contributed by atoms with E-state index in [1.165, 1.54) is 23.8 Å². The molecule has 34 heavy (non-hydrogen) atoms. The number of rotatable bonds is 5. The Kier molecular flexibility index (Phi) is 6.49. The van der Waals surface area contributed by atoms with Crippen LogP contribution in [-0.4, -0.2) is 60.4 Å². The Balaban J connectivity index is 1.70. The van der Waals surface area contributed by atoms with Crippen LogP contribution in [0.25, 0.3) is 11.3 Å². The third-order valence-electron chi connectivity index (χ3n) is 5.95. The summed E-state index contributed by atoms with van der Waals surface area (Å²) in [5.74, 6) is 0.895. The number of carbonyl (C=O) groups is 1. The Morgan fingerprint density at radius 1 is 1.15 bits per heavy atom. The second-order valence-corrected chi connectivity index (χ2v) is 8.19. The molecule has 1 saturated heterocycles. The smallest absolute Gasteiger partial charge is 0.406 e. The van der Waals surface area contributed by atoms with E-state index in [2.05, 4.69) is 24.4 Å². The van der Waals surface area contributed by atoms with E-state index >= 15 is 0 Å². The lowest BCUT2D eigenvalue weighted by atomic mass is 9.96. The Morgan fingerprint density at radius 2 is 1.82 bits per heavy atom. The number of carbonyl (C=O) groups excluding carboxylic acids is 1. The van der Waals surface area contributed by atoms with Gasteiger partial charge in [0, 0.05) is 57.0 Å². The van der Waals surface area contributed by atoms with Gasteiger partial charge in [-0.1, -0.05) is 13.5 Å². The van der Waals surface area contributed by atoms with Crippen LogP contribution in [-0.2, 0) is 11.2 Å². The maximum absolute atomic E-state index is 12.6. The lowest BCUT2D eigenvalue weighted by Gasteiger charge is -2.35. The molecule has 0 saturated carbocycles. The van der Waals surface area contributed by atoms with Crippen molar-refractivity contribution in [1.29, 1.82) is 0 Å². The van der Waals surface area contributed by atoms with E-state index in [-0.39, 0.29) is 11.7 Å². The van der Waals surface area contributed by atoms with E-state index in [9.17, 15) is 18.0 Å². The lowest BCUT2D eigenvalue weighted by Crippen LogP contribution is -2.49. The van der Waals surface area contributed by atoms with Gasteiger partial charge in [-0.15, -0.1) is 13.2 Å². The van der Waals surface area contributed by atoms with Crippen LogP contribution in [0.5, 0.6) is 5.75 Å². The average molecular weight is 473 g/mol. The zero-order valence-corrected chi connectivity index (χ0v) is 19.1. The summed E-state index contributed by atoms with van der Waals surface area (Å²) < 4.78 is 41.8. The fourth-order valence-electron chi connectivity index (χ4n) is 4.19. The molecule has 0 aliphatic carbocycles. The van der Waals surface area contributed by atoms with Crippen LogP contribution in [0.2, 0.25) is 0 Å². The number of fused-ring (bicyclic) bond motifs is 1. The van der Waals surface area contributed by atoms with Gasteiger partial charge >= 0.3 is 6.36 Å². The summed E-state index contributed by atoms with van der Waals surface area (Å²) in [7, 11) is 1.93. The highest BCUT2D eigenvalue weighted by Crippen LogP contribution is 2.37. The Morgan fingerprint density at radius 3 is 2.41 bits per heavy atom. The van der Waals surface area contributed by atoms with Gasteiger partial charge in [0.25, 0.3) is 0 Å². The number of anilines is 2. The summed E-state index contributed by atoms with van der Waals surface area (Å²) in [5, 5.41) is 0. The Hall–Kier alpha value is -3.56. The maximum Gasteiger partial charge on any atom is 0.573 e. The molecule has 10 heteroatoms. The Labute approximate surface area is 196 Å². The minimum Gasteiger partial charge on any atom is -0.406 e. The summed E-state index contributed by atoms with van der Waals surface area (Å²) in [5.41, 5.74) is 3.49. The molecule has 0 radical (unpaired) electrons. The third kappa shape index (κ3) is 5.00. The number of amides is 1. The number of piperazine rings is 1. The normalized spacial score (nSPS) is 16.1. The number of allylic oxidation sites excluding steroid dienone is 1. The van der Waals surface area contributed by atoms with E-state index in [0.717, 1.165) is 17.8 Å². The van der Waals surface area contributed by atoms with Gasteiger partial charge in [-0.2, -0.15) is 4.98 Å². The van der Waals surface area contributed by atoms with E-state index in [0.29, 0.717) is 49.8 Å². The lowest BCUT2D eigenvalue weighted by molar-refractivity contribution is -0.274. The fourth-order valence-corrected chi connectivity index (χ4v) is 4.19. The van der Waals surface area contributed by atoms with Crippen LogP contribution in [0, 0.1) is 0 Å². The minimum atomic E-state index is -4.75. The highest BCUT2D eigenvalue weighted by atomic mass is 19.4. The molecule has 0 spiro atoms. The number of hydrogen-bond acceptors (Lipinski definition) is 6. The van der Waals surface area contributed by atoms with Crippen molar-refractivity contribution in [2.24, 2.45) is 0 Å². The topological polar surface area (TPSA) is 61.8 Å². The summed E-state index contributed by atoms with van der Waals surface area (Å²) in [6.45, 7) is 7.80. The molecular formula is C24H26F3N5O2. The second kappa shape index (κ2) is 9.36. The number of hydrogen-bond donors (Lipinski definition) is 0. The van der Waals surface area contributed by atoms with Gasteiger partial charge in [0.05, 0.1) is 5.69 Å². The number of ether oxygens (including phenoxy) is 1. The van der Waals surface area contributed by atoms with E-state index < -0.39 is 6.36 Å². The van der Waals surface area contributed by atoms with Crippen molar-refractivity contribution in [3.63, 3.8) is 0 Å². The maximum atomic E-state index is 12.6. The van der Waals surface area contributed by atoms with Crippen LogP contribution >= 0.6 is 0 Å². The van der Waals surface area contributed by atoms with Crippen LogP contribution in [0.4, 0.5) is 24.9 Å².